The second kappa shape index (κ2) is 7.19. The quantitative estimate of drug-likeness (QED) is 0.770. The number of carbonyl (C=O) groups excluding carboxylic acids is 2. The Morgan fingerprint density at radius 2 is 1.94 bits per heavy atom. The van der Waals surface area contributed by atoms with E-state index in [1.165, 1.54) is 0 Å². The maximum atomic E-state index is 11.2. The molecule has 1 rings (SSSR count). The van der Waals surface area contributed by atoms with Gasteiger partial charge in [0.05, 0.1) is 6.54 Å². The molecule has 6 heteroatoms. The van der Waals surface area contributed by atoms with E-state index in [1.807, 2.05) is 12.1 Å². The molecule has 0 aliphatic carbocycles. The number of thioether (sulfide) groups is 1. The number of primary amides is 1. The van der Waals surface area contributed by atoms with Crippen molar-refractivity contribution in [3.8, 4) is 0 Å². The minimum absolute atomic E-state index is 0.107. The van der Waals surface area contributed by atoms with Crippen LogP contribution in [0.2, 0.25) is 5.02 Å². The zero-order chi connectivity index (χ0) is 12.7. The Hall–Kier alpha value is -1.20. The lowest BCUT2D eigenvalue weighted by Crippen LogP contribution is -2.33. The molecule has 0 aliphatic rings. The van der Waals surface area contributed by atoms with Gasteiger partial charge in [-0.05, 0) is 24.3 Å². The topological polar surface area (TPSA) is 72.2 Å². The van der Waals surface area contributed by atoms with Crippen LogP contribution in [0.4, 0.5) is 0 Å². The van der Waals surface area contributed by atoms with Crippen molar-refractivity contribution in [2.45, 2.75) is 11.3 Å². The van der Waals surface area contributed by atoms with Gasteiger partial charge in [0.1, 0.15) is 0 Å². The van der Waals surface area contributed by atoms with E-state index in [0.717, 1.165) is 4.90 Å². The van der Waals surface area contributed by atoms with E-state index in [1.54, 1.807) is 23.9 Å². The van der Waals surface area contributed by atoms with E-state index in [4.69, 9.17) is 17.3 Å². The minimum atomic E-state index is -0.538. The fraction of sp³-hybridized carbons (Fsp3) is 0.273. The van der Waals surface area contributed by atoms with Crippen LogP contribution in [0.15, 0.2) is 29.2 Å². The third-order valence-corrected chi connectivity index (χ3v) is 3.14. The molecule has 3 N–H and O–H groups in total. The van der Waals surface area contributed by atoms with Crippen LogP contribution >= 0.6 is 23.4 Å². The third-order valence-electron chi connectivity index (χ3n) is 1.87. The predicted molar refractivity (Wildman–Crippen MR) is 69.0 cm³/mol. The molecule has 0 unspecified atom stereocenters. The molecule has 0 spiro atoms. The molecular weight excluding hydrogens is 260 g/mol. The lowest BCUT2D eigenvalue weighted by atomic mass is 10.4. The largest absolute Gasteiger partial charge is 0.368 e. The van der Waals surface area contributed by atoms with E-state index in [9.17, 15) is 9.59 Å². The summed E-state index contributed by atoms with van der Waals surface area (Å²) in [6.07, 6.45) is 0.348. The van der Waals surface area contributed by atoms with Crippen LogP contribution in [0.1, 0.15) is 6.42 Å². The number of halogens is 1. The number of benzene rings is 1. The van der Waals surface area contributed by atoms with Gasteiger partial charge in [-0.2, -0.15) is 0 Å². The van der Waals surface area contributed by atoms with Crippen molar-refractivity contribution >= 4 is 35.2 Å². The first-order chi connectivity index (χ1) is 8.08. The Bertz CT molecular complexity index is 395. The zero-order valence-electron chi connectivity index (χ0n) is 9.11. The summed E-state index contributed by atoms with van der Waals surface area (Å²) in [6.45, 7) is -0.107. The van der Waals surface area contributed by atoms with Gasteiger partial charge >= 0.3 is 0 Å². The highest BCUT2D eigenvalue weighted by Crippen LogP contribution is 2.20. The van der Waals surface area contributed by atoms with Crippen LogP contribution in [-0.4, -0.2) is 24.1 Å². The Labute approximate surface area is 109 Å². The molecule has 0 saturated carbocycles. The summed E-state index contributed by atoms with van der Waals surface area (Å²) < 4.78 is 0. The molecule has 0 bridgehead atoms. The Balaban J connectivity index is 2.21. The van der Waals surface area contributed by atoms with Crippen molar-refractivity contribution in [2.75, 3.05) is 12.3 Å². The second-order valence-corrected chi connectivity index (χ2v) is 4.90. The molecule has 2 amide bonds. The van der Waals surface area contributed by atoms with Crippen molar-refractivity contribution in [1.29, 1.82) is 0 Å². The predicted octanol–water partition coefficient (Wildman–Crippen LogP) is 1.42. The first-order valence-corrected chi connectivity index (χ1v) is 6.37. The standard InChI is InChI=1S/C11H13ClN2O2S/c12-8-1-3-9(4-2-8)17-6-5-11(16)14-7-10(13)15/h1-4H,5-7H2,(H2,13,15)(H,14,16). The van der Waals surface area contributed by atoms with Crippen molar-refractivity contribution in [3.63, 3.8) is 0 Å². The zero-order valence-corrected chi connectivity index (χ0v) is 10.7. The molecule has 0 heterocycles. The highest BCUT2D eigenvalue weighted by molar-refractivity contribution is 7.99. The Morgan fingerprint density at radius 1 is 1.29 bits per heavy atom. The number of hydrogen-bond acceptors (Lipinski definition) is 3. The minimum Gasteiger partial charge on any atom is -0.368 e. The fourth-order valence-electron chi connectivity index (χ4n) is 1.07. The number of amides is 2. The van der Waals surface area contributed by atoms with E-state index in [2.05, 4.69) is 5.32 Å². The number of nitrogens with one attached hydrogen (secondary N) is 1. The van der Waals surface area contributed by atoms with Gasteiger partial charge in [0.25, 0.3) is 0 Å². The molecule has 1 aromatic carbocycles. The SMILES string of the molecule is NC(=O)CNC(=O)CCSc1ccc(Cl)cc1. The molecule has 1 aromatic rings. The highest BCUT2D eigenvalue weighted by atomic mass is 35.5. The van der Waals surface area contributed by atoms with E-state index in [-0.39, 0.29) is 12.5 Å². The van der Waals surface area contributed by atoms with E-state index in [0.29, 0.717) is 17.2 Å². The number of hydrogen-bond donors (Lipinski definition) is 2. The lowest BCUT2D eigenvalue weighted by molar-refractivity contribution is -0.124. The number of carbonyl (C=O) groups is 2. The molecule has 17 heavy (non-hydrogen) atoms. The van der Waals surface area contributed by atoms with Crippen molar-refractivity contribution < 1.29 is 9.59 Å². The first kappa shape index (κ1) is 13.9. The molecule has 0 atom stereocenters. The maximum Gasteiger partial charge on any atom is 0.236 e. The van der Waals surface area contributed by atoms with Crippen molar-refractivity contribution in [1.82, 2.24) is 5.32 Å². The van der Waals surface area contributed by atoms with Gasteiger partial charge in [0.2, 0.25) is 11.8 Å². The number of nitrogens with two attached hydrogens (primary N) is 1. The van der Waals surface area contributed by atoms with Crippen LogP contribution in [0.5, 0.6) is 0 Å². The summed E-state index contributed by atoms with van der Waals surface area (Å²) in [6, 6.07) is 7.40. The Morgan fingerprint density at radius 3 is 2.53 bits per heavy atom. The van der Waals surface area contributed by atoms with Gasteiger partial charge in [-0.15, -0.1) is 11.8 Å². The molecule has 4 nitrogen and oxygen atoms in total. The summed E-state index contributed by atoms with van der Waals surface area (Å²) in [7, 11) is 0. The third kappa shape index (κ3) is 6.19. The van der Waals surface area contributed by atoms with Gasteiger partial charge in [0, 0.05) is 22.1 Å². The molecule has 0 radical (unpaired) electrons. The fourth-order valence-corrected chi connectivity index (χ4v) is 2.04. The van der Waals surface area contributed by atoms with Crippen molar-refractivity contribution in [2.24, 2.45) is 5.73 Å². The molecule has 0 aliphatic heterocycles. The maximum absolute atomic E-state index is 11.2. The van der Waals surface area contributed by atoms with Gasteiger partial charge in [-0.3, -0.25) is 9.59 Å². The summed E-state index contributed by atoms with van der Waals surface area (Å²) in [5.41, 5.74) is 4.90. The molecule has 92 valence electrons. The van der Waals surface area contributed by atoms with Crippen LogP contribution in [0.25, 0.3) is 0 Å². The Kier molecular flexibility index (Phi) is 5.86. The molecule has 0 fully saturated rings. The summed E-state index contributed by atoms with van der Waals surface area (Å²) in [4.78, 5) is 22.7. The van der Waals surface area contributed by atoms with Gasteiger partial charge < -0.3 is 11.1 Å². The molecular formula is C11H13ClN2O2S. The smallest absolute Gasteiger partial charge is 0.236 e. The molecule has 0 aromatic heterocycles. The van der Waals surface area contributed by atoms with Crippen molar-refractivity contribution in [3.05, 3.63) is 29.3 Å². The summed E-state index contributed by atoms with van der Waals surface area (Å²) in [5.74, 6) is -0.0689. The van der Waals surface area contributed by atoms with Gasteiger partial charge in [-0.1, -0.05) is 11.6 Å². The van der Waals surface area contributed by atoms with E-state index < -0.39 is 5.91 Å². The summed E-state index contributed by atoms with van der Waals surface area (Å²) in [5, 5.41) is 3.12. The first-order valence-electron chi connectivity index (χ1n) is 5.01. The van der Waals surface area contributed by atoms with Crippen LogP contribution in [0.3, 0.4) is 0 Å². The average Bonchev–Trinajstić information content (AvgIpc) is 2.29. The lowest BCUT2D eigenvalue weighted by Gasteiger charge is -2.03. The normalized spacial score (nSPS) is 9.94. The number of rotatable bonds is 6. The van der Waals surface area contributed by atoms with E-state index >= 15 is 0 Å². The highest BCUT2D eigenvalue weighted by Gasteiger charge is 2.03. The average molecular weight is 273 g/mol. The van der Waals surface area contributed by atoms with Crippen LogP contribution in [-0.2, 0) is 9.59 Å². The monoisotopic (exact) mass is 272 g/mol. The van der Waals surface area contributed by atoms with Gasteiger partial charge in [0.15, 0.2) is 0 Å². The molecule has 0 saturated heterocycles. The van der Waals surface area contributed by atoms with Crippen LogP contribution in [0, 0.1) is 0 Å². The summed E-state index contributed by atoms with van der Waals surface area (Å²) >= 11 is 7.31. The van der Waals surface area contributed by atoms with Gasteiger partial charge in [-0.25, -0.2) is 0 Å². The van der Waals surface area contributed by atoms with Crippen LogP contribution < -0.4 is 11.1 Å². The second-order valence-electron chi connectivity index (χ2n) is 3.30.